The molecule has 0 saturated heterocycles. The fraction of sp³-hybridized carbons (Fsp3) is 0.300. The monoisotopic (exact) mass is 424 g/mol. The van der Waals surface area contributed by atoms with Crippen LogP contribution in [0.5, 0.6) is 0 Å². The zero-order chi connectivity index (χ0) is 18.5. The summed E-state index contributed by atoms with van der Waals surface area (Å²) >= 11 is 2.48. The Morgan fingerprint density at radius 2 is 1.54 bits per heavy atom. The normalized spacial score (nSPS) is 13.7. The number of thiophene rings is 2. The van der Waals surface area contributed by atoms with Crippen molar-refractivity contribution in [1.29, 1.82) is 0 Å². The standard InChI is InChI=1S/C20H24O2S4/c1-4-22-26(20-16(3)9-11-24-20)14-18-7-5-6-17(12-18)13-25(21)19-15(2)8-10-23-19/h5-12,21H,4,13-14H2,1-3H3/q+2. The highest BCUT2D eigenvalue weighted by Gasteiger charge is 2.29. The van der Waals surface area contributed by atoms with E-state index < -0.39 is 11.2 Å². The predicted molar refractivity (Wildman–Crippen MR) is 117 cm³/mol. The first-order valence-corrected chi connectivity index (χ1v) is 12.9. The van der Waals surface area contributed by atoms with E-state index in [0.29, 0.717) is 5.75 Å². The molecule has 0 spiro atoms. The van der Waals surface area contributed by atoms with Crippen molar-refractivity contribution in [2.75, 3.05) is 6.61 Å². The number of aryl methyl sites for hydroxylation is 2. The van der Waals surface area contributed by atoms with Gasteiger partial charge in [0.1, 0.15) is 6.61 Å². The molecule has 0 aliphatic carbocycles. The van der Waals surface area contributed by atoms with Gasteiger partial charge in [-0.05, 0) is 49.7 Å². The summed E-state index contributed by atoms with van der Waals surface area (Å²) in [5.74, 6) is 1.57. The first kappa shape index (κ1) is 20.0. The van der Waals surface area contributed by atoms with Crippen molar-refractivity contribution in [3.05, 3.63) is 69.4 Å². The van der Waals surface area contributed by atoms with E-state index in [9.17, 15) is 4.55 Å². The number of benzene rings is 1. The van der Waals surface area contributed by atoms with E-state index in [1.807, 2.05) is 0 Å². The van der Waals surface area contributed by atoms with Crippen LogP contribution in [0.4, 0.5) is 0 Å². The molecule has 26 heavy (non-hydrogen) atoms. The Labute approximate surface area is 170 Å². The van der Waals surface area contributed by atoms with Gasteiger partial charge in [0.15, 0.2) is 22.7 Å². The zero-order valence-electron chi connectivity index (χ0n) is 15.2. The van der Waals surface area contributed by atoms with E-state index in [2.05, 4.69) is 67.9 Å². The lowest BCUT2D eigenvalue weighted by atomic mass is 10.2. The van der Waals surface area contributed by atoms with Gasteiger partial charge >= 0.3 is 0 Å². The molecule has 0 fully saturated rings. The van der Waals surface area contributed by atoms with E-state index in [-0.39, 0.29) is 11.2 Å². The lowest BCUT2D eigenvalue weighted by Crippen LogP contribution is -2.11. The van der Waals surface area contributed by atoms with Crippen molar-refractivity contribution in [3.8, 4) is 0 Å². The van der Waals surface area contributed by atoms with Crippen LogP contribution in [0.2, 0.25) is 0 Å². The molecule has 3 aromatic rings. The average Bonchev–Trinajstić information content (AvgIpc) is 3.23. The molecule has 2 aromatic heterocycles. The summed E-state index contributed by atoms with van der Waals surface area (Å²) in [7, 11) is 0. The van der Waals surface area contributed by atoms with Crippen LogP contribution in [0.1, 0.15) is 29.2 Å². The highest BCUT2D eigenvalue weighted by molar-refractivity contribution is 7.93. The Morgan fingerprint density at radius 1 is 0.923 bits per heavy atom. The molecule has 1 N–H and O–H groups in total. The highest BCUT2D eigenvalue weighted by atomic mass is 32.2. The molecule has 2 unspecified atom stereocenters. The van der Waals surface area contributed by atoms with Gasteiger partial charge in [-0.15, -0.1) is 0 Å². The summed E-state index contributed by atoms with van der Waals surface area (Å²) < 4.78 is 19.1. The molecule has 2 heterocycles. The molecule has 3 rings (SSSR count). The average molecular weight is 425 g/mol. The van der Waals surface area contributed by atoms with Gasteiger partial charge in [0.25, 0.3) is 0 Å². The molecule has 0 amide bonds. The third-order valence-electron chi connectivity index (χ3n) is 3.90. The largest absolute Gasteiger partial charge is 0.247 e. The maximum Gasteiger partial charge on any atom is 0.247 e. The van der Waals surface area contributed by atoms with Gasteiger partial charge in [-0.1, -0.05) is 40.9 Å². The molecule has 0 bridgehead atoms. The fourth-order valence-corrected chi connectivity index (χ4v) is 8.27. The number of hydrogen-bond acceptors (Lipinski definition) is 4. The van der Waals surface area contributed by atoms with Crippen molar-refractivity contribution in [1.82, 2.24) is 0 Å². The van der Waals surface area contributed by atoms with Crippen LogP contribution in [0.3, 0.4) is 0 Å². The summed E-state index contributed by atoms with van der Waals surface area (Å²) in [6, 6.07) is 12.8. The number of rotatable bonds is 8. The Kier molecular flexibility index (Phi) is 7.26. The van der Waals surface area contributed by atoms with Gasteiger partial charge < -0.3 is 0 Å². The summed E-state index contributed by atoms with van der Waals surface area (Å²) in [5.41, 5.74) is 4.95. The molecule has 2 atom stereocenters. The minimum Gasteiger partial charge on any atom is -0.180 e. The fourth-order valence-electron chi connectivity index (χ4n) is 2.68. The van der Waals surface area contributed by atoms with Gasteiger partial charge in [0.2, 0.25) is 19.6 Å². The van der Waals surface area contributed by atoms with Crippen molar-refractivity contribution in [3.63, 3.8) is 0 Å². The van der Waals surface area contributed by atoms with Crippen LogP contribution in [-0.4, -0.2) is 11.2 Å². The van der Waals surface area contributed by atoms with Gasteiger partial charge in [0.05, 0.1) is 0 Å². The van der Waals surface area contributed by atoms with E-state index >= 15 is 0 Å². The SMILES string of the molecule is CCO[S+](Cc1cccc(C[S+](O)c2sccc2C)c1)c1sccc1C. The number of hydrogen-bond donors (Lipinski definition) is 1. The van der Waals surface area contributed by atoms with Crippen molar-refractivity contribution >= 4 is 45.0 Å². The van der Waals surface area contributed by atoms with E-state index in [0.717, 1.165) is 16.6 Å². The maximum absolute atomic E-state index is 10.6. The molecule has 0 aliphatic heterocycles. The lowest BCUT2D eigenvalue weighted by Gasteiger charge is -2.06. The second kappa shape index (κ2) is 9.44. The second-order valence-electron chi connectivity index (χ2n) is 6.01. The van der Waals surface area contributed by atoms with Gasteiger partial charge in [-0.25, -0.2) is 0 Å². The summed E-state index contributed by atoms with van der Waals surface area (Å²) in [6.45, 7) is 7.00. The van der Waals surface area contributed by atoms with Crippen LogP contribution in [0.15, 0.2) is 55.6 Å². The van der Waals surface area contributed by atoms with Crippen LogP contribution >= 0.6 is 22.7 Å². The Bertz CT molecular complexity index is 840. The molecule has 1 aromatic carbocycles. The smallest absolute Gasteiger partial charge is 0.180 e. The molecule has 0 radical (unpaired) electrons. The molecular weight excluding hydrogens is 400 g/mol. The quantitative estimate of drug-likeness (QED) is 0.436. The molecule has 138 valence electrons. The molecule has 0 saturated carbocycles. The van der Waals surface area contributed by atoms with Crippen LogP contribution in [-0.2, 0) is 38.0 Å². The van der Waals surface area contributed by atoms with E-state index in [1.165, 1.54) is 26.5 Å². The predicted octanol–water partition coefficient (Wildman–Crippen LogP) is 6.21. The third-order valence-corrected chi connectivity index (χ3v) is 10.4. The lowest BCUT2D eigenvalue weighted by molar-refractivity contribution is 0.387. The first-order chi connectivity index (χ1) is 12.6. The van der Waals surface area contributed by atoms with Crippen molar-refractivity contribution < 1.29 is 8.74 Å². The molecule has 6 heteroatoms. The van der Waals surface area contributed by atoms with Crippen LogP contribution in [0, 0.1) is 13.8 Å². The Morgan fingerprint density at radius 3 is 2.12 bits per heavy atom. The maximum atomic E-state index is 10.6. The van der Waals surface area contributed by atoms with Crippen molar-refractivity contribution in [2.45, 2.75) is 40.7 Å². The van der Waals surface area contributed by atoms with Crippen molar-refractivity contribution in [2.24, 2.45) is 0 Å². The zero-order valence-corrected chi connectivity index (χ0v) is 18.5. The topological polar surface area (TPSA) is 29.5 Å². The molecule has 0 aliphatic rings. The van der Waals surface area contributed by atoms with Gasteiger partial charge in [-0.3, -0.25) is 0 Å². The third kappa shape index (κ3) is 4.94. The highest BCUT2D eigenvalue weighted by Crippen LogP contribution is 2.30. The summed E-state index contributed by atoms with van der Waals surface area (Å²) in [5, 5.41) is 4.19. The first-order valence-electron chi connectivity index (χ1n) is 8.48. The van der Waals surface area contributed by atoms with Gasteiger partial charge in [0, 0.05) is 22.3 Å². The second-order valence-corrected chi connectivity index (χ2v) is 11.4. The summed E-state index contributed by atoms with van der Waals surface area (Å²) in [6.07, 6.45) is 0. The summed E-state index contributed by atoms with van der Waals surface area (Å²) in [4.78, 5) is 0. The van der Waals surface area contributed by atoms with Crippen LogP contribution < -0.4 is 0 Å². The minimum atomic E-state index is -0.731. The minimum absolute atomic E-state index is 0.213. The van der Waals surface area contributed by atoms with Crippen LogP contribution in [0.25, 0.3) is 0 Å². The van der Waals surface area contributed by atoms with E-state index in [4.69, 9.17) is 4.18 Å². The molecule has 2 nitrogen and oxygen atoms in total. The van der Waals surface area contributed by atoms with E-state index in [1.54, 1.807) is 22.7 Å². The molecular formula is C20H24O2S4+2. The van der Waals surface area contributed by atoms with Gasteiger partial charge in [-0.2, -0.15) is 8.74 Å². The Hall–Kier alpha value is -0.760. The Balaban J connectivity index is 1.74.